The van der Waals surface area contributed by atoms with E-state index in [2.05, 4.69) is 205 Å². The largest absolute Gasteiger partial charge is 0.455 e. The van der Waals surface area contributed by atoms with Crippen LogP contribution in [0.4, 0.5) is 17.1 Å². The second-order valence-electron chi connectivity index (χ2n) is 13.7. The van der Waals surface area contributed by atoms with Crippen LogP contribution in [0.2, 0.25) is 0 Å². The third kappa shape index (κ3) is 5.62. The Balaban J connectivity index is 1.12. The number of nitrogens with zero attached hydrogens (tertiary/aromatic N) is 1. The van der Waals surface area contributed by atoms with Gasteiger partial charge in [-0.3, -0.25) is 0 Å². The fourth-order valence-electron chi connectivity index (χ4n) is 7.87. The van der Waals surface area contributed by atoms with E-state index in [0.717, 1.165) is 61.3 Å². The predicted molar refractivity (Wildman–Crippen MR) is 228 cm³/mol. The zero-order chi connectivity index (χ0) is 35.8. The number of rotatable bonds is 7. The van der Waals surface area contributed by atoms with Crippen molar-refractivity contribution in [2.24, 2.45) is 0 Å². The lowest BCUT2D eigenvalue weighted by molar-refractivity contribution is 0.670. The average molecular weight is 690 g/mol. The van der Waals surface area contributed by atoms with Crippen molar-refractivity contribution in [1.82, 2.24) is 0 Å². The molecule has 2 heteroatoms. The molecule has 0 saturated carbocycles. The van der Waals surface area contributed by atoms with E-state index in [9.17, 15) is 0 Å². The molecule has 0 N–H and O–H groups in total. The van der Waals surface area contributed by atoms with Gasteiger partial charge in [-0.25, -0.2) is 0 Å². The van der Waals surface area contributed by atoms with Crippen molar-refractivity contribution in [3.8, 4) is 44.5 Å². The number of hydrogen-bond acceptors (Lipinski definition) is 2. The first kappa shape index (κ1) is 31.6. The van der Waals surface area contributed by atoms with Gasteiger partial charge in [-0.2, -0.15) is 0 Å². The molecule has 0 aliphatic rings. The normalized spacial score (nSPS) is 11.3. The van der Waals surface area contributed by atoms with Crippen LogP contribution in [0.5, 0.6) is 0 Å². The molecular weight excluding hydrogens is 655 g/mol. The zero-order valence-corrected chi connectivity index (χ0v) is 29.6. The summed E-state index contributed by atoms with van der Waals surface area (Å²) in [6.45, 7) is 0. The van der Waals surface area contributed by atoms with Gasteiger partial charge in [0.15, 0.2) is 0 Å². The second kappa shape index (κ2) is 13.4. The highest BCUT2D eigenvalue weighted by Gasteiger charge is 2.19. The molecule has 0 saturated heterocycles. The van der Waals surface area contributed by atoms with Crippen LogP contribution >= 0.6 is 0 Å². The summed E-state index contributed by atoms with van der Waals surface area (Å²) in [5, 5.41) is 4.74. The molecule has 0 bridgehead atoms. The number of hydrogen-bond donors (Lipinski definition) is 0. The maximum Gasteiger partial charge on any atom is 0.143 e. The molecule has 2 nitrogen and oxygen atoms in total. The van der Waals surface area contributed by atoms with E-state index in [1.807, 2.05) is 12.1 Å². The standard InChI is InChI=1S/C52H35NO/c1-2-13-36(14-3-1)37-27-29-39(30-28-37)46-20-6-8-25-50(46)53(43-18-10-17-41(35-43)45-22-11-16-38-15-4-5-19-44(38)45)42-33-31-40(32-34-42)47-23-12-24-49-48-21-7-9-26-51(48)54-52(47)49/h1-35H. The molecule has 0 amide bonds. The Hall–Kier alpha value is -7.16. The van der Waals surface area contributed by atoms with Crippen molar-refractivity contribution < 1.29 is 4.42 Å². The molecule has 0 radical (unpaired) electrons. The molecule has 1 aromatic heterocycles. The zero-order valence-electron chi connectivity index (χ0n) is 29.6. The summed E-state index contributed by atoms with van der Waals surface area (Å²) < 4.78 is 6.43. The monoisotopic (exact) mass is 689 g/mol. The molecule has 1 heterocycles. The summed E-state index contributed by atoms with van der Waals surface area (Å²) in [6, 6.07) is 75.9. The van der Waals surface area contributed by atoms with Crippen LogP contribution in [-0.2, 0) is 0 Å². The van der Waals surface area contributed by atoms with E-state index >= 15 is 0 Å². The fourth-order valence-corrected chi connectivity index (χ4v) is 7.87. The SMILES string of the molecule is c1ccc(-c2ccc(-c3ccccc3N(c3ccc(-c4cccc5c4oc4ccccc45)cc3)c3cccc(-c4cccc5ccccc45)c3)cc2)cc1. The molecule has 0 fully saturated rings. The highest BCUT2D eigenvalue weighted by molar-refractivity contribution is 6.09. The third-order valence-corrected chi connectivity index (χ3v) is 10.5. The van der Waals surface area contributed by atoms with E-state index in [0.29, 0.717) is 0 Å². The van der Waals surface area contributed by atoms with Crippen LogP contribution in [0.3, 0.4) is 0 Å². The van der Waals surface area contributed by atoms with Gasteiger partial charge in [-0.1, -0.05) is 176 Å². The van der Waals surface area contributed by atoms with Crippen LogP contribution in [0, 0.1) is 0 Å². The van der Waals surface area contributed by atoms with Crippen LogP contribution < -0.4 is 4.90 Å². The van der Waals surface area contributed by atoms with Crippen LogP contribution in [0.25, 0.3) is 77.2 Å². The first-order valence-electron chi connectivity index (χ1n) is 18.4. The van der Waals surface area contributed by atoms with Crippen molar-refractivity contribution >= 4 is 49.8 Å². The van der Waals surface area contributed by atoms with Crippen molar-refractivity contribution in [2.75, 3.05) is 4.90 Å². The van der Waals surface area contributed by atoms with Crippen LogP contribution in [0.1, 0.15) is 0 Å². The Kier molecular flexibility index (Phi) is 7.85. The van der Waals surface area contributed by atoms with Gasteiger partial charge in [0.1, 0.15) is 11.2 Å². The van der Waals surface area contributed by atoms with Gasteiger partial charge in [-0.05, 0) is 80.6 Å². The molecule has 0 unspecified atom stereocenters. The van der Waals surface area contributed by atoms with Crippen molar-refractivity contribution in [3.05, 3.63) is 212 Å². The Labute approximate surface area is 314 Å². The minimum Gasteiger partial charge on any atom is -0.455 e. The molecule has 10 rings (SSSR count). The molecule has 254 valence electrons. The van der Waals surface area contributed by atoms with Gasteiger partial charge < -0.3 is 9.32 Å². The van der Waals surface area contributed by atoms with Gasteiger partial charge in [0.05, 0.1) is 5.69 Å². The topological polar surface area (TPSA) is 16.4 Å². The number of benzene rings is 9. The third-order valence-electron chi connectivity index (χ3n) is 10.5. The average Bonchev–Trinajstić information content (AvgIpc) is 3.64. The molecule has 0 atom stereocenters. The highest BCUT2D eigenvalue weighted by Crippen LogP contribution is 2.44. The fraction of sp³-hybridized carbons (Fsp3) is 0. The molecule has 0 spiro atoms. The van der Waals surface area contributed by atoms with Gasteiger partial charge in [-0.15, -0.1) is 0 Å². The lowest BCUT2D eigenvalue weighted by Gasteiger charge is -2.28. The van der Waals surface area contributed by atoms with Crippen LogP contribution in [0.15, 0.2) is 217 Å². The summed E-state index contributed by atoms with van der Waals surface area (Å²) in [6.07, 6.45) is 0. The maximum absolute atomic E-state index is 6.43. The summed E-state index contributed by atoms with van der Waals surface area (Å²) in [5.74, 6) is 0. The Bertz CT molecular complexity index is 2920. The Morgan fingerprint density at radius 2 is 0.870 bits per heavy atom. The van der Waals surface area contributed by atoms with E-state index in [-0.39, 0.29) is 0 Å². The van der Waals surface area contributed by atoms with E-state index in [1.165, 1.54) is 33.0 Å². The number of furan rings is 1. The van der Waals surface area contributed by atoms with Crippen molar-refractivity contribution in [3.63, 3.8) is 0 Å². The predicted octanol–water partition coefficient (Wildman–Crippen LogP) is 14.9. The van der Waals surface area contributed by atoms with E-state index in [4.69, 9.17) is 4.42 Å². The summed E-state index contributed by atoms with van der Waals surface area (Å²) in [7, 11) is 0. The first-order chi connectivity index (χ1) is 26.8. The summed E-state index contributed by atoms with van der Waals surface area (Å²) >= 11 is 0. The Morgan fingerprint density at radius 1 is 0.315 bits per heavy atom. The number of fused-ring (bicyclic) bond motifs is 4. The molecule has 10 aromatic rings. The summed E-state index contributed by atoms with van der Waals surface area (Å²) in [4.78, 5) is 2.39. The van der Waals surface area contributed by atoms with E-state index < -0.39 is 0 Å². The quantitative estimate of drug-likeness (QED) is 0.166. The van der Waals surface area contributed by atoms with E-state index in [1.54, 1.807) is 0 Å². The highest BCUT2D eigenvalue weighted by atomic mass is 16.3. The van der Waals surface area contributed by atoms with Gasteiger partial charge in [0.25, 0.3) is 0 Å². The van der Waals surface area contributed by atoms with Gasteiger partial charge >= 0.3 is 0 Å². The van der Waals surface area contributed by atoms with Crippen molar-refractivity contribution in [2.45, 2.75) is 0 Å². The second-order valence-corrected chi connectivity index (χ2v) is 13.7. The lowest BCUT2D eigenvalue weighted by Crippen LogP contribution is -2.11. The minimum atomic E-state index is 0.905. The van der Waals surface area contributed by atoms with Crippen LogP contribution in [-0.4, -0.2) is 0 Å². The number of para-hydroxylation sites is 3. The summed E-state index contributed by atoms with van der Waals surface area (Å²) in [5.41, 5.74) is 14.4. The first-order valence-corrected chi connectivity index (χ1v) is 18.4. The molecule has 0 aliphatic carbocycles. The van der Waals surface area contributed by atoms with Gasteiger partial charge in [0, 0.05) is 33.3 Å². The molecular formula is C52H35NO. The smallest absolute Gasteiger partial charge is 0.143 e. The molecule has 9 aromatic carbocycles. The number of anilines is 3. The van der Waals surface area contributed by atoms with Crippen molar-refractivity contribution in [1.29, 1.82) is 0 Å². The lowest BCUT2D eigenvalue weighted by atomic mass is 9.96. The Morgan fingerprint density at radius 3 is 1.74 bits per heavy atom. The molecule has 0 aliphatic heterocycles. The molecule has 54 heavy (non-hydrogen) atoms. The maximum atomic E-state index is 6.43. The minimum absolute atomic E-state index is 0.905. The van der Waals surface area contributed by atoms with Gasteiger partial charge in [0.2, 0.25) is 0 Å².